The van der Waals surface area contributed by atoms with E-state index in [1.165, 1.54) is 0 Å². The number of carbonyl (C=O) groups is 1. The Hall–Kier alpha value is -3.09. The zero-order chi connectivity index (χ0) is 16.0. The van der Waals surface area contributed by atoms with Crippen LogP contribution >= 0.6 is 0 Å². The van der Waals surface area contributed by atoms with Gasteiger partial charge in [0.25, 0.3) is 5.91 Å². The van der Waals surface area contributed by atoms with Gasteiger partial charge in [0.15, 0.2) is 0 Å². The first-order valence-corrected chi connectivity index (χ1v) is 7.20. The van der Waals surface area contributed by atoms with Crippen molar-refractivity contribution in [3.63, 3.8) is 0 Å². The topological polar surface area (TPSA) is 97.1 Å². The Balaban J connectivity index is 1.63. The number of hydrogen-bond donors (Lipinski definition) is 2. The first-order valence-electron chi connectivity index (χ1n) is 7.20. The zero-order valence-corrected chi connectivity index (χ0v) is 12.5. The van der Waals surface area contributed by atoms with Gasteiger partial charge in [-0.1, -0.05) is 0 Å². The molecule has 0 unspecified atom stereocenters. The van der Waals surface area contributed by atoms with E-state index in [1.807, 2.05) is 24.3 Å². The van der Waals surface area contributed by atoms with E-state index in [-0.39, 0.29) is 11.9 Å². The molecule has 3 aromatic rings. The molecular weight excluding hydrogens is 294 g/mol. The molecule has 0 bridgehead atoms. The van der Waals surface area contributed by atoms with Crippen LogP contribution < -0.4 is 10.5 Å². The quantitative estimate of drug-likeness (QED) is 0.751. The van der Waals surface area contributed by atoms with Gasteiger partial charge in [0.05, 0.1) is 19.3 Å². The number of nitrogens with two attached hydrogens (primary N) is 1. The number of nitrogens with zero attached hydrogens (tertiary/aromatic N) is 3. The second kappa shape index (κ2) is 4.98. The molecule has 0 saturated heterocycles. The molecule has 23 heavy (non-hydrogen) atoms. The third kappa shape index (κ3) is 2.26. The van der Waals surface area contributed by atoms with Gasteiger partial charge in [-0.25, -0.2) is 9.97 Å². The summed E-state index contributed by atoms with van der Waals surface area (Å²) in [5, 5.41) is 0.967. The van der Waals surface area contributed by atoms with Crippen molar-refractivity contribution in [2.24, 2.45) is 0 Å². The van der Waals surface area contributed by atoms with Gasteiger partial charge in [-0.15, -0.1) is 0 Å². The monoisotopic (exact) mass is 309 g/mol. The molecule has 1 aliphatic heterocycles. The van der Waals surface area contributed by atoms with Gasteiger partial charge in [-0.3, -0.25) is 4.79 Å². The van der Waals surface area contributed by atoms with Crippen LogP contribution in [0.15, 0.2) is 30.5 Å². The zero-order valence-electron chi connectivity index (χ0n) is 12.5. The summed E-state index contributed by atoms with van der Waals surface area (Å²) in [7, 11) is 1.62. The number of nitrogen functional groups attached to an aromatic ring is 1. The number of amides is 1. The average Bonchev–Trinajstić information content (AvgIpc) is 3.16. The second-order valence-corrected chi connectivity index (χ2v) is 5.50. The van der Waals surface area contributed by atoms with Crippen LogP contribution in [0.25, 0.3) is 10.9 Å². The molecule has 4 rings (SSSR count). The minimum absolute atomic E-state index is 0.0725. The van der Waals surface area contributed by atoms with Crippen LogP contribution in [0, 0.1) is 0 Å². The van der Waals surface area contributed by atoms with Gasteiger partial charge in [-0.05, 0) is 18.2 Å². The van der Waals surface area contributed by atoms with Crippen molar-refractivity contribution in [1.82, 2.24) is 19.9 Å². The number of aromatic amines is 1. The molecule has 7 nitrogen and oxygen atoms in total. The molecule has 2 aromatic heterocycles. The van der Waals surface area contributed by atoms with E-state index in [0.29, 0.717) is 18.8 Å². The Kier molecular flexibility index (Phi) is 2.94. The third-order valence-electron chi connectivity index (χ3n) is 4.02. The maximum absolute atomic E-state index is 12.7. The Morgan fingerprint density at radius 2 is 2.22 bits per heavy atom. The highest BCUT2D eigenvalue weighted by Gasteiger charge is 2.26. The number of nitrogens with one attached hydrogen (secondary N) is 1. The first-order chi connectivity index (χ1) is 11.1. The number of aromatic nitrogens is 3. The molecule has 3 N–H and O–H groups in total. The van der Waals surface area contributed by atoms with Crippen LogP contribution in [0.4, 0.5) is 5.95 Å². The summed E-state index contributed by atoms with van der Waals surface area (Å²) in [5.41, 5.74) is 8.75. The minimum Gasteiger partial charge on any atom is -0.497 e. The van der Waals surface area contributed by atoms with Crippen LogP contribution in [-0.4, -0.2) is 32.9 Å². The summed E-state index contributed by atoms with van der Waals surface area (Å²) in [4.78, 5) is 25.8. The van der Waals surface area contributed by atoms with E-state index in [1.54, 1.807) is 18.2 Å². The molecular formula is C16H15N5O2. The molecule has 1 amide bonds. The molecule has 3 heterocycles. The van der Waals surface area contributed by atoms with Gasteiger partial charge in [-0.2, -0.15) is 0 Å². The smallest absolute Gasteiger partial charge is 0.270 e. The van der Waals surface area contributed by atoms with Crippen molar-refractivity contribution < 1.29 is 9.53 Å². The fourth-order valence-corrected chi connectivity index (χ4v) is 2.83. The van der Waals surface area contributed by atoms with Crippen molar-refractivity contribution in [2.75, 3.05) is 12.8 Å². The van der Waals surface area contributed by atoms with Gasteiger partial charge in [0, 0.05) is 35.3 Å². The molecule has 116 valence electrons. The van der Waals surface area contributed by atoms with E-state index in [2.05, 4.69) is 15.0 Å². The average molecular weight is 309 g/mol. The number of methoxy groups -OCH3 is 1. The molecule has 0 spiro atoms. The van der Waals surface area contributed by atoms with Crippen LogP contribution in [-0.2, 0) is 13.1 Å². The van der Waals surface area contributed by atoms with Crippen molar-refractivity contribution in [1.29, 1.82) is 0 Å². The number of carbonyl (C=O) groups excluding carboxylic acids is 1. The molecule has 0 radical (unpaired) electrons. The Bertz CT molecular complexity index is 918. The lowest BCUT2D eigenvalue weighted by Crippen LogP contribution is -2.25. The largest absolute Gasteiger partial charge is 0.497 e. The SMILES string of the molecule is COc1ccc2cc(C(=O)N3Cc4cnc(N)nc4C3)[nH]c2c1. The maximum Gasteiger partial charge on any atom is 0.270 e. The molecule has 0 atom stereocenters. The lowest BCUT2D eigenvalue weighted by atomic mass is 10.2. The second-order valence-electron chi connectivity index (χ2n) is 5.50. The van der Waals surface area contributed by atoms with Crippen molar-refractivity contribution in [3.8, 4) is 5.75 Å². The van der Waals surface area contributed by atoms with Crippen molar-refractivity contribution in [2.45, 2.75) is 13.1 Å². The molecule has 1 aromatic carbocycles. The Morgan fingerprint density at radius 3 is 3.04 bits per heavy atom. The van der Waals surface area contributed by atoms with Gasteiger partial charge >= 0.3 is 0 Å². The third-order valence-corrected chi connectivity index (χ3v) is 4.02. The normalized spacial score (nSPS) is 13.3. The van der Waals surface area contributed by atoms with Crippen LogP contribution in [0.1, 0.15) is 21.7 Å². The lowest BCUT2D eigenvalue weighted by molar-refractivity contribution is 0.0745. The minimum atomic E-state index is -0.0725. The summed E-state index contributed by atoms with van der Waals surface area (Å²) in [5.74, 6) is 0.908. The number of rotatable bonds is 2. The Morgan fingerprint density at radius 1 is 1.35 bits per heavy atom. The lowest BCUT2D eigenvalue weighted by Gasteiger charge is -2.13. The van der Waals surface area contributed by atoms with Crippen LogP contribution in [0.5, 0.6) is 5.75 Å². The molecule has 0 aliphatic carbocycles. The molecule has 0 saturated carbocycles. The fraction of sp³-hybridized carbons (Fsp3) is 0.188. The summed E-state index contributed by atoms with van der Waals surface area (Å²) in [6.45, 7) is 0.937. The van der Waals surface area contributed by atoms with Gasteiger partial charge < -0.3 is 20.4 Å². The highest BCUT2D eigenvalue weighted by molar-refractivity contribution is 5.98. The van der Waals surface area contributed by atoms with Crippen LogP contribution in [0.2, 0.25) is 0 Å². The number of H-pyrrole nitrogens is 1. The summed E-state index contributed by atoms with van der Waals surface area (Å²) < 4.78 is 5.20. The standard InChI is InChI=1S/C16H15N5O2/c1-23-11-3-2-9-4-13(19-12(9)5-11)15(22)21-7-10-6-18-16(17)20-14(10)8-21/h2-6,19H,7-8H2,1H3,(H2,17,18,20). The highest BCUT2D eigenvalue weighted by Crippen LogP contribution is 2.25. The summed E-state index contributed by atoms with van der Waals surface area (Å²) in [6, 6.07) is 7.51. The van der Waals surface area contributed by atoms with Crippen LogP contribution in [0.3, 0.4) is 0 Å². The van der Waals surface area contributed by atoms with E-state index in [9.17, 15) is 4.79 Å². The fourth-order valence-electron chi connectivity index (χ4n) is 2.83. The maximum atomic E-state index is 12.7. The first kappa shape index (κ1) is 13.6. The number of hydrogen-bond acceptors (Lipinski definition) is 5. The van der Waals surface area contributed by atoms with Crippen molar-refractivity contribution >= 4 is 22.8 Å². The van der Waals surface area contributed by atoms with Gasteiger partial charge in [0.2, 0.25) is 5.95 Å². The predicted octanol–water partition coefficient (Wildman–Crippen LogP) is 1.70. The summed E-state index contributed by atoms with van der Waals surface area (Å²) in [6.07, 6.45) is 1.68. The molecule has 0 fully saturated rings. The predicted molar refractivity (Wildman–Crippen MR) is 84.9 cm³/mol. The van der Waals surface area contributed by atoms with E-state index in [4.69, 9.17) is 10.5 Å². The number of benzene rings is 1. The van der Waals surface area contributed by atoms with E-state index >= 15 is 0 Å². The number of ether oxygens (including phenoxy) is 1. The molecule has 7 heteroatoms. The highest BCUT2D eigenvalue weighted by atomic mass is 16.5. The number of fused-ring (bicyclic) bond motifs is 2. The Labute approximate surface area is 132 Å². The summed E-state index contributed by atoms with van der Waals surface area (Å²) >= 11 is 0. The van der Waals surface area contributed by atoms with E-state index < -0.39 is 0 Å². The van der Waals surface area contributed by atoms with Crippen molar-refractivity contribution in [3.05, 3.63) is 47.4 Å². The number of anilines is 1. The van der Waals surface area contributed by atoms with E-state index in [0.717, 1.165) is 27.9 Å². The molecule has 1 aliphatic rings. The van der Waals surface area contributed by atoms with Gasteiger partial charge in [0.1, 0.15) is 11.4 Å².